The molecule has 0 fully saturated rings. The van der Waals surface area contributed by atoms with E-state index in [1.165, 1.54) is 16.7 Å². The molecule has 2 nitrogen and oxygen atoms in total. The van der Waals surface area contributed by atoms with E-state index >= 15 is 0 Å². The number of hydrogen-bond acceptors (Lipinski definition) is 2. The zero-order valence-electron chi connectivity index (χ0n) is 8.57. The first-order valence-corrected chi connectivity index (χ1v) is 5.48. The number of benzene rings is 1. The van der Waals surface area contributed by atoms with Crippen molar-refractivity contribution in [3.8, 4) is 5.75 Å². The van der Waals surface area contributed by atoms with E-state index in [0.717, 1.165) is 31.6 Å². The number of aliphatic hydroxyl groups excluding tert-OH is 1. The highest BCUT2D eigenvalue weighted by atomic mass is 16.5. The molecule has 0 saturated carbocycles. The highest BCUT2D eigenvalue weighted by Gasteiger charge is 2.17. The summed E-state index contributed by atoms with van der Waals surface area (Å²) in [6, 6.07) is 6.34. The molecule has 0 bridgehead atoms. The Morgan fingerprint density at radius 3 is 3.00 bits per heavy atom. The van der Waals surface area contributed by atoms with Crippen molar-refractivity contribution in [2.75, 3.05) is 6.61 Å². The number of fused-ring (bicyclic) bond motifs is 1. The molecule has 1 aromatic rings. The van der Waals surface area contributed by atoms with Crippen LogP contribution in [0.1, 0.15) is 24.0 Å². The molecule has 0 radical (unpaired) electrons. The standard InChI is InChI=1S/C13H14O2/c14-12-3-1-10(8-12)9-2-4-13-11(7-9)5-6-15-13/h2,4,7-8,12,14H,1,3,5-6H2. The molecule has 0 saturated heterocycles. The summed E-state index contributed by atoms with van der Waals surface area (Å²) in [5, 5.41) is 9.45. The Balaban J connectivity index is 1.96. The SMILES string of the molecule is OC1C=C(c2ccc3c(c2)CCO3)CC1. The lowest BCUT2D eigenvalue weighted by Crippen LogP contribution is -1.93. The van der Waals surface area contributed by atoms with Crippen molar-refractivity contribution in [2.45, 2.75) is 25.4 Å². The maximum absolute atomic E-state index is 9.45. The van der Waals surface area contributed by atoms with Gasteiger partial charge in [0.25, 0.3) is 0 Å². The van der Waals surface area contributed by atoms with Crippen molar-refractivity contribution in [2.24, 2.45) is 0 Å². The molecular formula is C13H14O2. The first-order chi connectivity index (χ1) is 7.33. The zero-order chi connectivity index (χ0) is 10.3. The fourth-order valence-electron chi connectivity index (χ4n) is 2.33. The van der Waals surface area contributed by atoms with Gasteiger partial charge in [-0.05, 0) is 41.7 Å². The molecule has 1 aliphatic heterocycles. The summed E-state index contributed by atoms with van der Waals surface area (Å²) in [5.41, 5.74) is 3.82. The quantitative estimate of drug-likeness (QED) is 0.756. The molecule has 15 heavy (non-hydrogen) atoms. The van der Waals surface area contributed by atoms with Gasteiger partial charge in [0.2, 0.25) is 0 Å². The average Bonchev–Trinajstić information content (AvgIpc) is 2.84. The number of aliphatic hydroxyl groups is 1. The minimum atomic E-state index is -0.246. The smallest absolute Gasteiger partial charge is 0.122 e. The van der Waals surface area contributed by atoms with Gasteiger partial charge in [0.1, 0.15) is 5.75 Å². The van der Waals surface area contributed by atoms with E-state index < -0.39 is 0 Å². The molecular weight excluding hydrogens is 188 g/mol. The van der Waals surface area contributed by atoms with Crippen LogP contribution < -0.4 is 4.74 Å². The number of rotatable bonds is 1. The monoisotopic (exact) mass is 202 g/mol. The summed E-state index contributed by atoms with van der Waals surface area (Å²) >= 11 is 0. The lowest BCUT2D eigenvalue weighted by Gasteiger charge is -2.04. The maximum atomic E-state index is 9.45. The van der Waals surface area contributed by atoms with Crippen LogP contribution in [0.25, 0.3) is 5.57 Å². The van der Waals surface area contributed by atoms with Crippen molar-refractivity contribution in [3.63, 3.8) is 0 Å². The Hall–Kier alpha value is -1.28. The lowest BCUT2D eigenvalue weighted by molar-refractivity contribution is 0.223. The number of hydrogen-bond donors (Lipinski definition) is 1. The molecule has 1 unspecified atom stereocenters. The van der Waals surface area contributed by atoms with Crippen molar-refractivity contribution in [1.82, 2.24) is 0 Å². The Morgan fingerprint density at radius 2 is 2.20 bits per heavy atom. The minimum Gasteiger partial charge on any atom is -0.493 e. The lowest BCUT2D eigenvalue weighted by atomic mass is 10.0. The average molecular weight is 202 g/mol. The highest BCUT2D eigenvalue weighted by molar-refractivity contribution is 5.69. The van der Waals surface area contributed by atoms with Crippen LogP contribution >= 0.6 is 0 Å². The zero-order valence-corrected chi connectivity index (χ0v) is 8.57. The third-order valence-electron chi connectivity index (χ3n) is 3.16. The van der Waals surface area contributed by atoms with E-state index in [0.29, 0.717) is 0 Å². The normalized spacial score (nSPS) is 23.5. The van der Waals surface area contributed by atoms with Crippen LogP contribution in [0.5, 0.6) is 5.75 Å². The summed E-state index contributed by atoms with van der Waals surface area (Å²) in [6.07, 6.45) is 4.59. The summed E-state index contributed by atoms with van der Waals surface area (Å²) in [7, 11) is 0. The van der Waals surface area contributed by atoms with Crippen LogP contribution in [0, 0.1) is 0 Å². The molecule has 78 valence electrons. The number of ether oxygens (including phenoxy) is 1. The van der Waals surface area contributed by atoms with Gasteiger partial charge >= 0.3 is 0 Å². The predicted octanol–water partition coefficient (Wildman–Crippen LogP) is 2.16. The van der Waals surface area contributed by atoms with E-state index in [4.69, 9.17) is 4.74 Å². The fraction of sp³-hybridized carbons (Fsp3) is 0.385. The van der Waals surface area contributed by atoms with E-state index in [1.54, 1.807) is 0 Å². The topological polar surface area (TPSA) is 29.5 Å². The molecule has 3 rings (SSSR count). The van der Waals surface area contributed by atoms with Gasteiger partial charge in [0.15, 0.2) is 0 Å². The first kappa shape index (κ1) is 8.98. The summed E-state index contributed by atoms with van der Waals surface area (Å²) in [4.78, 5) is 0. The molecule has 0 spiro atoms. The Labute approximate surface area is 89.2 Å². The minimum absolute atomic E-state index is 0.246. The van der Waals surface area contributed by atoms with Crippen LogP contribution in [0.3, 0.4) is 0 Å². The summed E-state index contributed by atoms with van der Waals surface area (Å²) in [6.45, 7) is 0.806. The Kier molecular flexibility index (Phi) is 2.03. The van der Waals surface area contributed by atoms with Gasteiger partial charge in [-0.15, -0.1) is 0 Å². The second-order valence-electron chi connectivity index (χ2n) is 4.22. The highest BCUT2D eigenvalue weighted by Crippen LogP contribution is 2.32. The van der Waals surface area contributed by atoms with E-state index in [9.17, 15) is 5.11 Å². The first-order valence-electron chi connectivity index (χ1n) is 5.48. The molecule has 1 aliphatic carbocycles. The largest absolute Gasteiger partial charge is 0.493 e. The van der Waals surface area contributed by atoms with Crippen LogP contribution in [-0.2, 0) is 6.42 Å². The molecule has 1 aromatic carbocycles. The van der Waals surface area contributed by atoms with E-state index in [-0.39, 0.29) is 6.10 Å². The predicted molar refractivity (Wildman–Crippen MR) is 58.9 cm³/mol. The fourth-order valence-corrected chi connectivity index (χ4v) is 2.33. The molecule has 2 aliphatic rings. The van der Waals surface area contributed by atoms with Gasteiger partial charge in [0, 0.05) is 6.42 Å². The van der Waals surface area contributed by atoms with Crippen LogP contribution in [-0.4, -0.2) is 17.8 Å². The van der Waals surface area contributed by atoms with Gasteiger partial charge in [-0.2, -0.15) is 0 Å². The van der Waals surface area contributed by atoms with Gasteiger partial charge in [-0.3, -0.25) is 0 Å². The van der Waals surface area contributed by atoms with Crippen molar-refractivity contribution in [1.29, 1.82) is 0 Å². The maximum Gasteiger partial charge on any atom is 0.122 e. The summed E-state index contributed by atoms with van der Waals surface area (Å²) in [5.74, 6) is 1.03. The third kappa shape index (κ3) is 1.55. The van der Waals surface area contributed by atoms with Crippen LogP contribution in [0.4, 0.5) is 0 Å². The van der Waals surface area contributed by atoms with Gasteiger partial charge in [-0.25, -0.2) is 0 Å². The van der Waals surface area contributed by atoms with Gasteiger partial charge < -0.3 is 9.84 Å². The van der Waals surface area contributed by atoms with Crippen molar-refractivity contribution >= 4 is 5.57 Å². The third-order valence-corrected chi connectivity index (χ3v) is 3.16. The Bertz CT molecular complexity index is 421. The van der Waals surface area contributed by atoms with E-state index in [1.807, 2.05) is 12.1 Å². The van der Waals surface area contributed by atoms with E-state index in [2.05, 4.69) is 12.1 Å². The van der Waals surface area contributed by atoms with Crippen molar-refractivity contribution < 1.29 is 9.84 Å². The molecule has 0 amide bonds. The van der Waals surface area contributed by atoms with Crippen LogP contribution in [0.15, 0.2) is 24.3 Å². The second kappa shape index (κ2) is 3.38. The molecule has 0 aromatic heterocycles. The van der Waals surface area contributed by atoms with Gasteiger partial charge in [-0.1, -0.05) is 12.1 Å². The van der Waals surface area contributed by atoms with Gasteiger partial charge in [0.05, 0.1) is 12.7 Å². The number of allylic oxidation sites excluding steroid dienone is 1. The second-order valence-corrected chi connectivity index (χ2v) is 4.22. The Morgan fingerprint density at radius 1 is 1.27 bits per heavy atom. The molecule has 2 heteroatoms. The molecule has 1 N–H and O–H groups in total. The van der Waals surface area contributed by atoms with Crippen molar-refractivity contribution in [3.05, 3.63) is 35.4 Å². The summed E-state index contributed by atoms with van der Waals surface area (Å²) < 4.78 is 5.47. The molecule has 1 heterocycles. The van der Waals surface area contributed by atoms with Crippen LogP contribution in [0.2, 0.25) is 0 Å². The molecule has 1 atom stereocenters.